The van der Waals surface area contributed by atoms with E-state index in [0.29, 0.717) is 17.5 Å². The van der Waals surface area contributed by atoms with Crippen LogP contribution in [0.2, 0.25) is 0 Å². The molecular weight excluding hydrogens is 715 g/mol. The summed E-state index contributed by atoms with van der Waals surface area (Å²) in [4.78, 5) is 0. The molecule has 8 aromatic rings. The van der Waals surface area contributed by atoms with E-state index >= 15 is 0 Å². The fraction of sp³-hybridized carbons (Fsp3) is 0.0800. The number of rotatable bonds is 3. The summed E-state index contributed by atoms with van der Waals surface area (Å²) in [6.45, 7) is 0. The van der Waals surface area contributed by atoms with Crippen LogP contribution in [0.1, 0.15) is 29.5 Å². The van der Waals surface area contributed by atoms with Crippen molar-refractivity contribution in [1.82, 2.24) is 0 Å². The van der Waals surface area contributed by atoms with Crippen molar-refractivity contribution < 1.29 is 26.3 Å². The SMILES string of the molecule is FC(F)(F)c1ccc(-c2c3c(c(-c4ccc(C(F)(F)F)cc4)c4ccccc24)-c2ccc(-c4ccc5c6c(cccc46)-c4ccccc4-5)c4c2=C3CCC=4)cc1. The largest absolute Gasteiger partial charge is 0.416 e. The molecule has 11 rings (SSSR count). The van der Waals surface area contributed by atoms with E-state index in [0.717, 1.165) is 102 Å². The highest BCUT2D eigenvalue weighted by molar-refractivity contribution is 6.20. The number of alkyl halides is 6. The molecule has 0 amide bonds. The number of fused-ring (bicyclic) bond motifs is 7. The van der Waals surface area contributed by atoms with E-state index in [-0.39, 0.29) is 0 Å². The third-order valence-corrected chi connectivity index (χ3v) is 11.9. The molecule has 6 heteroatoms. The van der Waals surface area contributed by atoms with Crippen molar-refractivity contribution in [3.63, 3.8) is 0 Å². The lowest BCUT2D eigenvalue weighted by Crippen LogP contribution is -2.31. The van der Waals surface area contributed by atoms with Crippen molar-refractivity contribution in [3.05, 3.63) is 167 Å². The zero-order valence-electron chi connectivity index (χ0n) is 29.5. The van der Waals surface area contributed by atoms with E-state index in [4.69, 9.17) is 0 Å². The first-order valence-corrected chi connectivity index (χ1v) is 18.5. The van der Waals surface area contributed by atoms with Crippen molar-refractivity contribution in [2.75, 3.05) is 0 Å². The van der Waals surface area contributed by atoms with Crippen LogP contribution in [-0.2, 0) is 12.4 Å². The second kappa shape index (κ2) is 11.6. The van der Waals surface area contributed by atoms with Crippen LogP contribution in [-0.4, -0.2) is 0 Å². The maximum atomic E-state index is 13.8. The van der Waals surface area contributed by atoms with Gasteiger partial charge in [-0.05, 0) is 147 Å². The predicted molar refractivity (Wildman–Crippen MR) is 213 cm³/mol. The Balaban J connectivity index is 1.22. The molecular formula is C50H28F6. The lowest BCUT2D eigenvalue weighted by atomic mass is 9.81. The van der Waals surface area contributed by atoms with Gasteiger partial charge in [0.25, 0.3) is 0 Å². The lowest BCUT2D eigenvalue weighted by molar-refractivity contribution is -0.138. The second-order valence-electron chi connectivity index (χ2n) is 14.8. The Morgan fingerprint density at radius 1 is 0.375 bits per heavy atom. The summed E-state index contributed by atoms with van der Waals surface area (Å²) < 4.78 is 82.8. The van der Waals surface area contributed by atoms with Crippen molar-refractivity contribution in [3.8, 4) is 66.8 Å². The molecule has 0 saturated carbocycles. The Morgan fingerprint density at radius 2 is 0.857 bits per heavy atom. The molecule has 270 valence electrons. The fourth-order valence-corrected chi connectivity index (χ4v) is 9.64. The van der Waals surface area contributed by atoms with Gasteiger partial charge in [0.05, 0.1) is 11.1 Å². The first-order valence-electron chi connectivity index (χ1n) is 18.5. The zero-order chi connectivity index (χ0) is 38.1. The van der Waals surface area contributed by atoms with Gasteiger partial charge in [0.1, 0.15) is 0 Å². The molecule has 0 atom stereocenters. The highest BCUT2D eigenvalue weighted by Crippen LogP contribution is 2.53. The number of benzene rings is 8. The van der Waals surface area contributed by atoms with Crippen molar-refractivity contribution in [1.29, 1.82) is 0 Å². The van der Waals surface area contributed by atoms with E-state index in [9.17, 15) is 26.3 Å². The molecule has 0 heterocycles. The number of hydrogen-bond donors (Lipinski definition) is 0. The van der Waals surface area contributed by atoms with Gasteiger partial charge in [-0.2, -0.15) is 26.3 Å². The van der Waals surface area contributed by atoms with Crippen LogP contribution in [0.25, 0.3) is 100.0 Å². The molecule has 0 aliphatic heterocycles. The van der Waals surface area contributed by atoms with Gasteiger partial charge in [0, 0.05) is 0 Å². The smallest absolute Gasteiger partial charge is 0.166 e. The number of hydrogen-bond acceptors (Lipinski definition) is 0. The minimum Gasteiger partial charge on any atom is -0.166 e. The molecule has 0 spiro atoms. The average Bonchev–Trinajstić information content (AvgIpc) is 3.71. The highest BCUT2D eigenvalue weighted by Gasteiger charge is 2.35. The molecule has 3 aliphatic carbocycles. The number of halogens is 6. The Hall–Kier alpha value is -6.40. The summed E-state index contributed by atoms with van der Waals surface area (Å²) in [6.07, 6.45) is -5.24. The Kier molecular flexibility index (Phi) is 6.81. The summed E-state index contributed by atoms with van der Waals surface area (Å²) in [5.74, 6) is 0. The Bertz CT molecular complexity index is 3100. The summed E-state index contributed by atoms with van der Waals surface area (Å²) in [5.41, 5.74) is 12.4. The summed E-state index contributed by atoms with van der Waals surface area (Å²) in [7, 11) is 0. The van der Waals surface area contributed by atoms with E-state index in [2.05, 4.69) is 72.8 Å². The summed E-state index contributed by atoms with van der Waals surface area (Å²) in [5, 5.41) is 6.19. The van der Waals surface area contributed by atoms with E-state index < -0.39 is 23.5 Å². The van der Waals surface area contributed by atoms with E-state index in [1.54, 1.807) is 0 Å². The monoisotopic (exact) mass is 742 g/mol. The van der Waals surface area contributed by atoms with Crippen LogP contribution in [0.3, 0.4) is 0 Å². The van der Waals surface area contributed by atoms with Crippen molar-refractivity contribution >= 4 is 33.2 Å². The van der Waals surface area contributed by atoms with Gasteiger partial charge in [0.2, 0.25) is 0 Å². The Labute approximate surface area is 317 Å². The van der Waals surface area contributed by atoms with Crippen LogP contribution in [0, 0.1) is 0 Å². The van der Waals surface area contributed by atoms with Crippen LogP contribution in [0.5, 0.6) is 0 Å². The Morgan fingerprint density at radius 3 is 1.46 bits per heavy atom. The molecule has 56 heavy (non-hydrogen) atoms. The third kappa shape index (κ3) is 4.62. The molecule has 0 bridgehead atoms. The van der Waals surface area contributed by atoms with Gasteiger partial charge < -0.3 is 0 Å². The van der Waals surface area contributed by atoms with Gasteiger partial charge >= 0.3 is 12.4 Å². The summed E-state index contributed by atoms with van der Waals surface area (Å²) in [6, 6.07) is 42.0. The normalized spacial score (nSPS) is 13.9. The zero-order valence-corrected chi connectivity index (χ0v) is 29.5. The third-order valence-electron chi connectivity index (χ3n) is 11.9. The average molecular weight is 743 g/mol. The molecule has 8 aromatic carbocycles. The van der Waals surface area contributed by atoms with Crippen LogP contribution in [0.4, 0.5) is 26.3 Å². The maximum Gasteiger partial charge on any atom is 0.416 e. The van der Waals surface area contributed by atoms with Crippen LogP contribution < -0.4 is 10.4 Å². The van der Waals surface area contributed by atoms with Gasteiger partial charge in [-0.3, -0.25) is 0 Å². The van der Waals surface area contributed by atoms with E-state index in [1.807, 2.05) is 24.3 Å². The quantitative estimate of drug-likeness (QED) is 0.158. The molecule has 0 radical (unpaired) electrons. The topological polar surface area (TPSA) is 0 Å². The minimum atomic E-state index is -4.49. The fourth-order valence-electron chi connectivity index (χ4n) is 9.64. The summed E-state index contributed by atoms with van der Waals surface area (Å²) >= 11 is 0. The van der Waals surface area contributed by atoms with Crippen LogP contribution >= 0.6 is 0 Å². The van der Waals surface area contributed by atoms with Crippen molar-refractivity contribution in [2.45, 2.75) is 25.2 Å². The molecule has 0 fully saturated rings. The van der Waals surface area contributed by atoms with Crippen LogP contribution in [0.15, 0.2) is 140 Å². The van der Waals surface area contributed by atoms with Gasteiger partial charge in [-0.15, -0.1) is 0 Å². The van der Waals surface area contributed by atoms with Gasteiger partial charge in [-0.25, -0.2) is 0 Å². The predicted octanol–water partition coefficient (Wildman–Crippen LogP) is 13.4. The van der Waals surface area contributed by atoms with Gasteiger partial charge in [0.15, 0.2) is 0 Å². The van der Waals surface area contributed by atoms with Crippen molar-refractivity contribution in [2.24, 2.45) is 0 Å². The minimum absolute atomic E-state index is 0.637. The maximum absolute atomic E-state index is 13.8. The van der Waals surface area contributed by atoms with E-state index in [1.165, 1.54) is 51.9 Å². The molecule has 0 N–H and O–H groups in total. The lowest BCUT2D eigenvalue weighted by Gasteiger charge is -2.22. The standard InChI is InChI=1S/C50H28F6/c51-49(52,53)29-19-15-27(16-20-29)43-38-9-3-4-10-39(38)44(28-17-21-30(22-18-28)50(54,55)56)48-42-26-24-34(37-13-6-14-41(46(37)42)47(43)48)33-23-25-40-32-8-2-1-7-31(32)35-11-5-12-36(33)45(35)40/h1-5,7-13,15-26H,6,14H2. The van der Waals surface area contributed by atoms with Gasteiger partial charge in [-0.1, -0.05) is 121 Å². The highest BCUT2D eigenvalue weighted by atomic mass is 19.4. The molecule has 0 saturated heterocycles. The first kappa shape index (κ1) is 33.0. The first-order chi connectivity index (χ1) is 27.1. The molecule has 0 nitrogen and oxygen atoms in total. The molecule has 0 unspecified atom stereocenters. The molecule has 0 aromatic heterocycles. The second-order valence-corrected chi connectivity index (χ2v) is 14.8. The molecule has 3 aliphatic rings.